The van der Waals surface area contributed by atoms with Crippen molar-refractivity contribution >= 4 is 12.0 Å². The van der Waals surface area contributed by atoms with Gasteiger partial charge in [0.25, 0.3) is 12.1 Å². The number of aromatic nitrogens is 1. The molecule has 0 radical (unpaired) electrons. The average Bonchev–Trinajstić information content (AvgIpc) is 2.16. The predicted molar refractivity (Wildman–Crippen MR) is 46.0 cm³/mol. The molecule has 1 aromatic heterocycles. The van der Waals surface area contributed by atoms with Crippen LogP contribution in [0.3, 0.4) is 0 Å². The standard InChI is InChI=1S/C8H6F2N2O3/c1-4-7(12(14)15)6(8(9)10)5(3-13)2-11-4/h2-3,8H,1H3. The van der Waals surface area contributed by atoms with E-state index in [0.717, 1.165) is 6.20 Å². The Hall–Kier alpha value is -1.92. The first-order valence-electron chi connectivity index (χ1n) is 3.86. The molecule has 80 valence electrons. The highest BCUT2D eigenvalue weighted by molar-refractivity contribution is 5.79. The van der Waals surface area contributed by atoms with Crippen LogP contribution in [0.5, 0.6) is 0 Å². The molecule has 0 saturated heterocycles. The number of hydrogen-bond acceptors (Lipinski definition) is 4. The summed E-state index contributed by atoms with van der Waals surface area (Å²) in [6, 6.07) is 0. The van der Waals surface area contributed by atoms with Crippen molar-refractivity contribution in [1.29, 1.82) is 0 Å². The second-order valence-corrected chi connectivity index (χ2v) is 2.74. The van der Waals surface area contributed by atoms with Crippen LogP contribution < -0.4 is 0 Å². The van der Waals surface area contributed by atoms with Crippen LogP contribution in [0.15, 0.2) is 6.20 Å². The van der Waals surface area contributed by atoms with E-state index in [4.69, 9.17) is 0 Å². The van der Waals surface area contributed by atoms with E-state index in [1.54, 1.807) is 0 Å². The zero-order chi connectivity index (χ0) is 11.6. The van der Waals surface area contributed by atoms with Gasteiger partial charge in [-0.3, -0.25) is 19.9 Å². The fourth-order valence-electron chi connectivity index (χ4n) is 1.18. The molecule has 0 fully saturated rings. The molecule has 0 bridgehead atoms. The average molecular weight is 216 g/mol. The number of hydrogen-bond donors (Lipinski definition) is 0. The lowest BCUT2D eigenvalue weighted by Crippen LogP contribution is -2.04. The smallest absolute Gasteiger partial charge is 0.298 e. The highest BCUT2D eigenvalue weighted by atomic mass is 19.3. The van der Waals surface area contributed by atoms with Gasteiger partial charge in [-0.2, -0.15) is 0 Å². The summed E-state index contributed by atoms with van der Waals surface area (Å²) in [5, 5.41) is 10.5. The van der Waals surface area contributed by atoms with Crippen molar-refractivity contribution in [2.75, 3.05) is 0 Å². The molecule has 0 unspecified atom stereocenters. The van der Waals surface area contributed by atoms with E-state index in [0.29, 0.717) is 0 Å². The molecule has 0 amide bonds. The van der Waals surface area contributed by atoms with Gasteiger partial charge in [0.15, 0.2) is 6.29 Å². The maximum absolute atomic E-state index is 12.5. The topological polar surface area (TPSA) is 73.1 Å². The third-order valence-corrected chi connectivity index (χ3v) is 1.83. The van der Waals surface area contributed by atoms with Crippen molar-refractivity contribution in [2.45, 2.75) is 13.3 Å². The zero-order valence-electron chi connectivity index (χ0n) is 7.61. The van der Waals surface area contributed by atoms with Crippen LogP contribution in [-0.2, 0) is 0 Å². The summed E-state index contributed by atoms with van der Waals surface area (Å²) < 4.78 is 25.0. The first kappa shape index (κ1) is 11.2. The third-order valence-electron chi connectivity index (χ3n) is 1.83. The van der Waals surface area contributed by atoms with Crippen LogP contribution in [0.4, 0.5) is 14.5 Å². The zero-order valence-corrected chi connectivity index (χ0v) is 7.61. The van der Waals surface area contributed by atoms with E-state index in [2.05, 4.69) is 4.98 Å². The Balaban J connectivity index is 3.58. The summed E-state index contributed by atoms with van der Waals surface area (Å²) in [7, 11) is 0. The summed E-state index contributed by atoms with van der Waals surface area (Å²) in [4.78, 5) is 23.5. The second-order valence-electron chi connectivity index (χ2n) is 2.74. The molecule has 0 aliphatic heterocycles. The van der Waals surface area contributed by atoms with Gasteiger partial charge in [-0.25, -0.2) is 8.78 Å². The Morgan fingerprint density at radius 3 is 2.60 bits per heavy atom. The number of halogens is 2. The van der Waals surface area contributed by atoms with Gasteiger partial charge < -0.3 is 0 Å². The molecule has 1 heterocycles. The van der Waals surface area contributed by atoms with Crippen molar-refractivity contribution in [3.8, 4) is 0 Å². The molecular weight excluding hydrogens is 210 g/mol. The van der Waals surface area contributed by atoms with E-state index < -0.39 is 28.2 Å². The molecule has 7 heteroatoms. The molecule has 0 atom stereocenters. The lowest BCUT2D eigenvalue weighted by Gasteiger charge is -2.05. The largest absolute Gasteiger partial charge is 0.300 e. The van der Waals surface area contributed by atoms with Crippen molar-refractivity contribution in [2.24, 2.45) is 0 Å². The second kappa shape index (κ2) is 4.07. The Kier molecular flexibility index (Phi) is 3.03. The minimum absolute atomic E-state index is 0.126. The molecule has 0 spiro atoms. The van der Waals surface area contributed by atoms with Crippen LogP contribution in [0, 0.1) is 17.0 Å². The van der Waals surface area contributed by atoms with Crippen molar-refractivity contribution in [1.82, 2.24) is 4.98 Å². The molecule has 15 heavy (non-hydrogen) atoms. The van der Waals surface area contributed by atoms with Gasteiger partial charge >= 0.3 is 0 Å². The van der Waals surface area contributed by atoms with Crippen LogP contribution in [0.1, 0.15) is 28.0 Å². The number of pyridine rings is 1. The van der Waals surface area contributed by atoms with E-state index in [-0.39, 0.29) is 12.0 Å². The lowest BCUT2D eigenvalue weighted by molar-refractivity contribution is -0.387. The van der Waals surface area contributed by atoms with Crippen LogP contribution in [0.2, 0.25) is 0 Å². The third kappa shape index (κ3) is 1.95. The quantitative estimate of drug-likeness (QED) is 0.440. The molecule has 0 saturated carbocycles. The van der Waals surface area contributed by atoms with Gasteiger partial charge in [-0.1, -0.05) is 0 Å². The number of rotatable bonds is 3. The first-order chi connectivity index (χ1) is 6.99. The van der Waals surface area contributed by atoms with Crippen molar-refractivity contribution in [3.05, 3.63) is 33.1 Å². The van der Waals surface area contributed by atoms with Crippen molar-refractivity contribution in [3.63, 3.8) is 0 Å². The normalized spacial score (nSPS) is 10.4. The van der Waals surface area contributed by atoms with E-state index in [9.17, 15) is 23.7 Å². The van der Waals surface area contributed by atoms with E-state index in [1.165, 1.54) is 6.92 Å². The van der Waals surface area contributed by atoms with Gasteiger partial charge in [0.05, 0.1) is 4.92 Å². The summed E-state index contributed by atoms with van der Waals surface area (Å²) in [5.74, 6) is 0. The number of nitro groups is 1. The molecule has 0 N–H and O–H groups in total. The highest BCUT2D eigenvalue weighted by Crippen LogP contribution is 2.32. The first-order valence-corrected chi connectivity index (χ1v) is 3.86. The monoisotopic (exact) mass is 216 g/mol. The number of carbonyl (C=O) groups excluding carboxylic acids is 1. The fourth-order valence-corrected chi connectivity index (χ4v) is 1.18. The molecule has 1 aromatic rings. The maximum atomic E-state index is 12.5. The molecule has 0 aliphatic carbocycles. The lowest BCUT2D eigenvalue weighted by atomic mass is 10.1. The van der Waals surface area contributed by atoms with Crippen LogP contribution in [-0.4, -0.2) is 16.2 Å². The van der Waals surface area contributed by atoms with Gasteiger partial charge in [0.1, 0.15) is 11.3 Å². The molecule has 1 rings (SSSR count). The maximum Gasteiger partial charge on any atom is 0.300 e. The molecule has 0 aliphatic rings. The van der Waals surface area contributed by atoms with E-state index >= 15 is 0 Å². The number of carbonyl (C=O) groups is 1. The minimum atomic E-state index is -3.08. The molecular formula is C8H6F2N2O3. The summed E-state index contributed by atoms with van der Waals surface area (Å²) in [5.41, 5.74) is -2.26. The Bertz CT molecular complexity index is 421. The minimum Gasteiger partial charge on any atom is -0.298 e. The van der Waals surface area contributed by atoms with Gasteiger partial charge in [-0.15, -0.1) is 0 Å². The molecule has 0 aromatic carbocycles. The number of aryl methyl sites for hydroxylation is 1. The SMILES string of the molecule is Cc1ncc(C=O)c(C(F)F)c1[N+](=O)[O-]. The molecule has 5 nitrogen and oxygen atoms in total. The highest BCUT2D eigenvalue weighted by Gasteiger charge is 2.28. The predicted octanol–water partition coefficient (Wildman–Crippen LogP) is 2.05. The Labute approximate surface area is 82.9 Å². The summed E-state index contributed by atoms with van der Waals surface area (Å²) >= 11 is 0. The van der Waals surface area contributed by atoms with Crippen molar-refractivity contribution < 1.29 is 18.5 Å². The number of nitrogens with zero attached hydrogens (tertiary/aromatic N) is 2. The van der Waals surface area contributed by atoms with Gasteiger partial charge in [0, 0.05) is 11.8 Å². The van der Waals surface area contributed by atoms with Crippen LogP contribution in [0.25, 0.3) is 0 Å². The number of alkyl halides is 2. The Morgan fingerprint density at radius 1 is 1.60 bits per heavy atom. The van der Waals surface area contributed by atoms with Gasteiger partial charge in [-0.05, 0) is 6.92 Å². The summed E-state index contributed by atoms with van der Waals surface area (Å²) in [6.45, 7) is 1.23. The summed E-state index contributed by atoms with van der Waals surface area (Å²) in [6.07, 6.45) is -2.05. The Morgan fingerprint density at radius 2 is 2.20 bits per heavy atom. The van der Waals surface area contributed by atoms with Gasteiger partial charge in [0.2, 0.25) is 0 Å². The number of aldehydes is 1. The fraction of sp³-hybridized carbons (Fsp3) is 0.250. The van der Waals surface area contributed by atoms with Crippen LogP contribution >= 0.6 is 0 Å². The van der Waals surface area contributed by atoms with E-state index in [1.807, 2.05) is 0 Å².